The number of fused-ring (bicyclic) bond motifs is 1. The molecule has 5 rings (SSSR count). The second-order valence-electron chi connectivity index (χ2n) is 9.24. The van der Waals surface area contributed by atoms with E-state index >= 15 is 0 Å². The molecular formula is C30H26F3N3O. The lowest BCUT2D eigenvalue weighted by Gasteiger charge is -2.24. The second-order valence-corrected chi connectivity index (χ2v) is 9.24. The summed E-state index contributed by atoms with van der Waals surface area (Å²) in [6.07, 6.45) is -0.872. The van der Waals surface area contributed by atoms with Crippen LogP contribution in [-0.2, 0) is 19.0 Å². The first-order valence-electron chi connectivity index (χ1n) is 12.2. The number of nitrogens with one attached hydrogen (secondary N) is 1. The van der Waals surface area contributed by atoms with Crippen LogP contribution in [0.1, 0.15) is 34.1 Å². The molecule has 0 saturated heterocycles. The van der Waals surface area contributed by atoms with Gasteiger partial charge in [-0.25, -0.2) is 0 Å². The fourth-order valence-electron chi connectivity index (χ4n) is 4.86. The highest BCUT2D eigenvalue weighted by Gasteiger charge is 2.30. The lowest BCUT2D eigenvalue weighted by atomic mass is 9.98. The summed E-state index contributed by atoms with van der Waals surface area (Å²) in [4.78, 5) is 20.0. The van der Waals surface area contributed by atoms with E-state index in [1.54, 1.807) is 30.5 Å². The van der Waals surface area contributed by atoms with Crippen molar-refractivity contribution in [2.24, 2.45) is 0 Å². The number of pyridine rings is 1. The van der Waals surface area contributed by atoms with Crippen LogP contribution in [0.15, 0.2) is 91.1 Å². The van der Waals surface area contributed by atoms with Crippen LogP contribution in [0.5, 0.6) is 0 Å². The molecule has 2 heterocycles. The topological polar surface area (TPSA) is 45.2 Å². The third kappa shape index (κ3) is 5.35. The fourth-order valence-corrected chi connectivity index (χ4v) is 4.86. The molecule has 37 heavy (non-hydrogen) atoms. The Morgan fingerprint density at radius 3 is 2.49 bits per heavy atom. The van der Waals surface area contributed by atoms with E-state index in [1.165, 1.54) is 17.7 Å². The van der Waals surface area contributed by atoms with Crippen molar-refractivity contribution in [3.05, 3.63) is 114 Å². The summed E-state index contributed by atoms with van der Waals surface area (Å²) in [5, 5.41) is 2.97. The van der Waals surface area contributed by atoms with E-state index in [1.807, 2.05) is 36.4 Å². The smallest absolute Gasteiger partial charge is 0.368 e. The largest absolute Gasteiger partial charge is 0.416 e. The molecule has 4 nitrogen and oxygen atoms in total. The summed E-state index contributed by atoms with van der Waals surface area (Å²) in [7, 11) is 0. The van der Waals surface area contributed by atoms with Gasteiger partial charge in [0.05, 0.1) is 5.56 Å². The first-order chi connectivity index (χ1) is 17.8. The molecule has 0 spiro atoms. The molecule has 1 unspecified atom stereocenters. The van der Waals surface area contributed by atoms with Crippen molar-refractivity contribution in [3.8, 4) is 11.1 Å². The van der Waals surface area contributed by atoms with Crippen LogP contribution in [0.25, 0.3) is 11.1 Å². The number of hydrogen-bond donors (Lipinski definition) is 1. The van der Waals surface area contributed by atoms with Crippen molar-refractivity contribution in [1.29, 1.82) is 0 Å². The van der Waals surface area contributed by atoms with Crippen molar-refractivity contribution in [1.82, 2.24) is 4.98 Å². The molecule has 1 aromatic heterocycles. The van der Waals surface area contributed by atoms with E-state index in [0.717, 1.165) is 42.9 Å². The number of halogens is 3. The molecule has 1 atom stereocenters. The lowest BCUT2D eigenvalue weighted by Crippen LogP contribution is -2.31. The molecule has 1 N–H and O–H groups in total. The van der Waals surface area contributed by atoms with Gasteiger partial charge in [0.15, 0.2) is 0 Å². The van der Waals surface area contributed by atoms with Crippen LogP contribution in [0.4, 0.5) is 24.5 Å². The summed E-state index contributed by atoms with van der Waals surface area (Å²) in [5.41, 5.74) is 4.86. The molecule has 1 aliphatic rings. The van der Waals surface area contributed by atoms with Crippen molar-refractivity contribution < 1.29 is 18.0 Å². The van der Waals surface area contributed by atoms with Gasteiger partial charge in [-0.2, -0.15) is 13.2 Å². The van der Waals surface area contributed by atoms with E-state index in [-0.39, 0.29) is 5.91 Å². The van der Waals surface area contributed by atoms with Gasteiger partial charge in [0.2, 0.25) is 0 Å². The van der Waals surface area contributed by atoms with Crippen LogP contribution >= 0.6 is 0 Å². The van der Waals surface area contributed by atoms with Crippen LogP contribution < -0.4 is 10.2 Å². The Balaban J connectivity index is 1.32. The number of carbonyl (C=O) groups is 1. The first kappa shape index (κ1) is 24.6. The highest BCUT2D eigenvalue weighted by Crippen LogP contribution is 2.35. The Morgan fingerprint density at radius 2 is 1.76 bits per heavy atom. The maximum absolute atomic E-state index is 13.2. The number of rotatable bonds is 6. The molecule has 0 saturated carbocycles. The van der Waals surface area contributed by atoms with Crippen LogP contribution in [-0.4, -0.2) is 23.5 Å². The number of aromatic nitrogens is 1. The minimum atomic E-state index is -4.41. The molecule has 1 aliphatic heterocycles. The van der Waals surface area contributed by atoms with Crippen molar-refractivity contribution >= 4 is 17.3 Å². The summed E-state index contributed by atoms with van der Waals surface area (Å²) >= 11 is 0. The molecule has 0 radical (unpaired) electrons. The number of alkyl halides is 3. The van der Waals surface area contributed by atoms with Crippen LogP contribution in [0.3, 0.4) is 0 Å². The SMILES string of the molecule is CC1Cc2cc(NC(=O)c3ccccc3-c3ccc(C(F)(F)F)cc3)ccc2N1CCc1ccccn1. The van der Waals surface area contributed by atoms with Gasteiger partial charge in [-0.15, -0.1) is 0 Å². The summed E-state index contributed by atoms with van der Waals surface area (Å²) in [6.45, 7) is 3.05. The molecule has 188 valence electrons. The molecule has 3 aromatic carbocycles. The normalized spacial score (nSPS) is 14.9. The van der Waals surface area contributed by atoms with Gasteiger partial charge in [-0.1, -0.05) is 36.4 Å². The quantitative estimate of drug-likeness (QED) is 0.309. The Kier molecular flexibility index (Phi) is 6.70. The van der Waals surface area contributed by atoms with Gasteiger partial charge < -0.3 is 10.2 Å². The van der Waals surface area contributed by atoms with Gasteiger partial charge in [0.1, 0.15) is 0 Å². The number of anilines is 2. The van der Waals surface area contributed by atoms with Crippen LogP contribution in [0, 0.1) is 0 Å². The first-order valence-corrected chi connectivity index (χ1v) is 12.2. The summed E-state index contributed by atoms with van der Waals surface area (Å²) in [5.74, 6) is -0.312. The number of carbonyl (C=O) groups excluding carboxylic acids is 1. The molecular weight excluding hydrogens is 475 g/mol. The van der Waals surface area contributed by atoms with Gasteiger partial charge in [0, 0.05) is 47.8 Å². The van der Waals surface area contributed by atoms with Crippen molar-refractivity contribution in [2.45, 2.75) is 32.0 Å². The zero-order chi connectivity index (χ0) is 26.0. The van der Waals surface area contributed by atoms with E-state index < -0.39 is 11.7 Å². The minimum absolute atomic E-state index is 0.312. The Labute approximate surface area is 213 Å². The standard InChI is InChI=1S/C30H26F3N3O/c1-20-18-22-19-25(13-14-28(22)36(20)17-15-24-6-4-5-16-34-24)35-29(37)27-8-3-2-7-26(27)21-9-11-23(12-10-21)30(31,32)33/h2-14,16,19-20H,15,17-18H2,1H3,(H,35,37). The number of hydrogen-bond acceptors (Lipinski definition) is 3. The maximum atomic E-state index is 13.2. The predicted octanol–water partition coefficient (Wildman–Crippen LogP) is 7.01. The van der Waals surface area contributed by atoms with E-state index in [4.69, 9.17) is 0 Å². The molecule has 0 fully saturated rings. The zero-order valence-electron chi connectivity index (χ0n) is 20.3. The molecule has 0 bridgehead atoms. The molecule has 7 heteroatoms. The summed E-state index contributed by atoms with van der Waals surface area (Å²) < 4.78 is 38.9. The molecule has 1 amide bonds. The van der Waals surface area contributed by atoms with Gasteiger partial charge in [-0.05, 0) is 78.6 Å². The maximum Gasteiger partial charge on any atom is 0.416 e. The third-order valence-electron chi connectivity index (χ3n) is 6.72. The zero-order valence-corrected chi connectivity index (χ0v) is 20.3. The Bertz CT molecular complexity index is 1400. The number of benzene rings is 3. The average Bonchev–Trinajstić information content (AvgIpc) is 3.21. The highest BCUT2D eigenvalue weighted by atomic mass is 19.4. The van der Waals surface area contributed by atoms with Crippen molar-refractivity contribution in [2.75, 3.05) is 16.8 Å². The Hall–Kier alpha value is -4.13. The molecule has 0 aliphatic carbocycles. The van der Waals surface area contributed by atoms with Crippen LogP contribution in [0.2, 0.25) is 0 Å². The van der Waals surface area contributed by atoms with Gasteiger partial charge >= 0.3 is 6.18 Å². The van der Waals surface area contributed by atoms with E-state index in [9.17, 15) is 18.0 Å². The van der Waals surface area contributed by atoms with E-state index in [0.29, 0.717) is 28.4 Å². The predicted molar refractivity (Wildman–Crippen MR) is 140 cm³/mol. The highest BCUT2D eigenvalue weighted by molar-refractivity contribution is 6.08. The summed E-state index contributed by atoms with van der Waals surface area (Å²) in [6, 6.07) is 24.0. The second kappa shape index (κ2) is 10.1. The fraction of sp³-hybridized carbons (Fsp3) is 0.200. The number of nitrogens with zero attached hydrogens (tertiary/aromatic N) is 2. The average molecular weight is 502 g/mol. The monoisotopic (exact) mass is 501 g/mol. The minimum Gasteiger partial charge on any atom is -0.368 e. The number of amides is 1. The van der Waals surface area contributed by atoms with Gasteiger partial charge in [-0.3, -0.25) is 9.78 Å². The Morgan fingerprint density at radius 1 is 1.00 bits per heavy atom. The third-order valence-corrected chi connectivity index (χ3v) is 6.72. The lowest BCUT2D eigenvalue weighted by molar-refractivity contribution is -0.137. The van der Waals surface area contributed by atoms with Crippen molar-refractivity contribution in [3.63, 3.8) is 0 Å². The van der Waals surface area contributed by atoms with Gasteiger partial charge in [0.25, 0.3) is 5.91 Å². The molecule has 4 aromatic rings. The van der Waals surface area contributed by atoms with E-state index in [2.05, 4.69) is 22.1 Å².